The van der Waals surface area contributed by atoms with Crippen LogP contribution in [0.5, 0.6) is 0 Å². The fourth-order valence-corrected chi connectivity index (χ4v) is 3.79. The predicted octanol–water partition coefficient (Wildman–Crippen LogP) is 1.15. The van der Waals surface area contributed by atoms with Gasteiger partial charge in [0.15, 0.2) is 0 Å². The monoisotopic (exact) mass is 301 g/mol. The standard InChI is InChI=1S/C13H23N3O3S/c1-10-5-7-19-13(10)12(15-14)8-11-4-3-6-16(9-11)20(2,17)18/h5,7,11-12,15H,3-4,6,8-9,14H2,1-2H3. The summed E-state index contributed by atoms with van der Waals surface area (Å²) in [5, 5.41) is 0. The molecule has 7 heteroatoms. The van der Waals surface area contributed by atoms with Gasteiger partial charge in [0.1, 0.15) is 5.76 Å². The molecule has 1 saturated heterocycles. The van der Waals surface area contributed by atoms with E-state index in [0.717, 1.165) is 30.6 Å². The maximum absolute atomic E-state index is 11.6. The first-order valence-electron chi connectivity index (χ1n) is 6.87. The molecule has 1 aliphatic heterocycles. The molecule has 0 spiro atoms. The lowest BCUT2D eigenvalue weighted by molar-refractivity contribution is 0.230. The van der Waals surface area contributed by atoms with Crippen molar-refractivity contribution in [3.8, 4) is 0 Å². The van der Waals surface area contributed by atoms with Crippen molar-refractivity contribution in [1.82, 2.24) is 9.73 Å². The molecule has 0 radical (unpaired) electrons. The second-order valence-electron chi connectivity index (χ2n) is 5.55. The first kappa shape index (κ1) is 15.5. The number of nitrogens with one attached hydrogen (secondary N) is 1. The van der Waals surface area contributed by atoms with Gasteiger partial charge in [-0.25, -0.2) is 18.1 Å². The molecule has 1 aliphatic rings. The van der Waals surface area contributed by atoms with Gasteiger partial charge in [-0.2, -0.15) is 0 Å². The van der Waals surface area contributed by atoms with Crippen LogP contribution in [0.4, 0.5) is 0 Å². The lowest BCUT2D eigenvalue weighted by atomic mass is 9.91. The highest BCUT2D eigenvalue weighted by Gasteiger charge is 2.29. The highest BCUT2D eigenvalue weighted by molar-refractivity contribution is 7.88. The average molecular weight is 301 g/mol. The third kappa shape index (κ3) is 3.60. The van der Waals surface area contributed by atoms with E-state index >= 15 is 0 Å². The third-order valence-corrected chi connectivity index (χ3v) is 5.21. The Morgan fingerprint density at radius 2 is 2.35 bits per heavy atom. The number of aryl methyl sites for hydroxylation is 1. The normalized spacial score (nSPS) is 22.9. The van der Waals surface area contributed by atoms with Gasteiger partial charge in [-0.15, -0.1) is 0 Å². The Kier molecular flexibility index (Phi) is 4.85. The molecule has 1 fully saturated rings. The first-order valence-corrected chi connectivity index (χ1v) is 8.72. The van der Waals surface area contributed by atoms with E-state index in [9.17, 15) is 8.42 Å². The fourth-order valence-electron chi connectivity index (χ4n) is 2.85. The molecule has 20 heavy (non-hydrogen) atoms. The van der Waals surface area contributed by atoms with E-state index in [1.165, 1.54) is 6.26 Å². The van der Waals surface area contributed by atoms with E-state index in [-0.39, 0.29) is 6.04 Å². The van der Waals surface area contributed by atoms with Crippen molar-refractivity contribution in [1.29, 1.82) is 0 Å². The molecular formula is C13H23N3O3S. The van der Waals surface area contributed by atoms with Crippen molar-refractivity contribution >= 4 is 10.0 Å². The number of piperidine rings is 1. The van der Waals surface area contributed by atoms with Crippen LogP contribution in [0.1, 0.15) is 36.6 Å². The highest BCUT2D eigenvalue weighted by atomic mass is 32.2. The number of furan rings is 1. The minimum Gasteiger partial charge on any atom is -0.467 e. The van der Waals surface area contributed by atoms with Gasteiger partial charge in [0, 0.05) is 13.1 Å². The van der Waals surface area contributed by atoms with Crippen molar-refractivity contribution in [2.45, 2.75) is 32.2 Å². The molecule has 2 rings (SSSR count). The Hall–Kier alpha value is -0.890. The number of nitrogens with zero attached hydrogens (tertiary/aromatic N) is 1. The summed E-state index contributed by atoms with van der Waals surface area (Å²) in [4.78, 5) is 0. The Morgan fingerprint density at radius 1 is 1.60 bits per heavy atom. The van der Waals surface area contributed by atoms with Gasteiger partial charge in [0.05, 0.1) is 18.6 Å². The zero-order valence-electron chi connectivity index (χ0n) is 12.0. The second-order valence-corrected chi connectivity index (χ2v) is 7.53. The van der Waals surface area contributed by atoms with Gasteiger partial charge >= 0.3 is 0 Å². The average Bonchev–Trinajstić information content (AvgIpc) is 2.81. The van der Waals surface area contributed by atoms with Crippen molar-refractivity contribution in [3.63, 3.8) is 0 Å². The summed E-state index contributed by atoms with van der Waals surface area (Å²) >= 11 is 0. The van der Waals surface area contributed by atoms with Crippen molar-refractivity contribution in [2.24, 2.45) is 11.8 Å². The molecular weight excluding hydrogens is 278 g/mol. The molecule has 1 aromatic rings. The topological polar surface area (TPSA) is 88.6 Å². The van der Waals surface area contributed by atoms with Gasteiger partial charge in [-0.05, 0) is 43.7 Å². The number of hydrogen-bond acceptors (Lipinski definition) is 5. The number of nitrogens with two attached hydrogens (primary N) is 1. The summed E-state index contributed by atoms with van der Waals surface area (Å²) in [6.45, 7) is 3.17. The van der Waals surface area contributed by atoms with E-state index in [4.69, 9.17) is 10.3 Å². The van der Waals surface area contributed by atoms with Gasteiger partial charge in [0.2, 0.25) is 10.0 Å². The Balaban J connectivity index is 2.03. The highest BCUT2D eigenvalue weighted by Crippen LogP contribution is 2.29. The minimum atomic E-state index is -3.11. The summed E-state index contributed by atoms with van der Waals surface area (Å²) < 4.78 is 30.3. The maximum atomic E-state index is 11.6. The molecule has 0 aromatic carbocycles. The summed E-state index contributed by atoms with van der Waals surface area (Å²) in [6.07, 6.45) is 5.61. The number of hydrazine groups is 1. The largest absolute Gasteiger partial charge is 0.467 e. The Labute approximate surface area is 120 Å². The molecule has 0 aliphatic carbocycles. The number of hydrogen-bond donors (Lipinski definition) is 2. The summed E-state index contributed by atoms with van der Waals surface area (Å²) in [7, 11) is -3.11. The van der Waals surface area contributed by atoms with Crippen LogP contribution in [0.15, 0.2) is 16.7 Å². The third-order valence-electron chi connectivity index (χ3n) is 3.94. The molecule has 1 aromatic heterocycles. The van der Waals surface area contributed by atoms with Crippen LogP contribution in [0, 0.1) is 12.8 Å². The molecule has 114 valence electrons. The molecule has 3 N–H and O–H groups in total. The SMILES string of the molecule is Cc1ccoc1C(CC1CCCN(S(C)(=O)=O)C1)NN. The van der Waals surface area contributed by atoms with Crippen LogP contribution in [0.3, 0.4) is 0 Å². The summed E-state index contributed by atoms with van der Waals surface area (Å²) in [5.74, 6) is 6.76. The van der Waals surface area contributed by atoms with Crippen LogP contribution in [0.2, 0.25) is 0 Å². The Morgan fingerprint density at radius 3 is 2.90 bits per heavy atom. The summed E-state index contributed by atoms with van der Waals surface area (Å²) in [5.41, 5.74) is 3.84. The van der Waals surface area contributed by atoms with E-state index in [0.29, 0.717) is 19.0 Å². The molecule has 0 bridgehead atoms. The molecule has 2 heterocycles. The molecule has 2 unspecified atom stereocenters. The van der Waals surface area contributed by atoms with Gasteiger partial charge in [0.25, 0.3) is 0 Å². The van der Waals surface area contributed by atoms with E-state index in [1.54, 1.807) is 10.6 Å². The first-order chi connectivity index (χ1) is 9.41. The van der Waals surface area contributed by atoms with Crippen LogP contribution >= 0.6 is 0 Å². The lowest BCUT2D eigenvalue weighted by Gasteiger charge is -2.32. The zero-order chi connectivity index (χ0) is 14.8. The molecule has 6 nitrogen and oxygen atoms in total. The van der Waals surface area contributed by atoms with Gasteiger partial charge < -0.3 is 4.42 Å². The maximum Gasteiger partial charge on any atom is 0.211 e. The minimum absolute atomic E-state index is 0.0745. The van der Waals surface area contributed by atoms with Crippen molar-refractivity contribution in [3.05, 3.63) is 23.7 Å². The Bertz CT molecular complexity index is 541. The smallest absolute Gasteiger partial charge is 0.211 e. The van der Waals surface area contributed by atoms with Crippen molar-refractivity contribution < 1.29 is 12.8 Å². The number of sulfonamides is 1. The van der Waals surface area contributed by atoms with E-state index < -0.39 is 10.0 Å². The quantitative estimate of drug-likeness (QED) is 0.629. The predicted molar refractivity (Wildman–Crippen MR) is 77.3 cm³/mol. The van der Waals surface area contributed by atoms with Crippen molar-refractivity contribution in [2.75, 3.05) is 19.3 Å². The van der Waals surface area contributed by atoms with Crippen LogP contribution in [0.25, 0.3) is 0 Å². The fraction of sp³-hybridized carbons (Fsp3) is 0.692. The zero-order valence-corrected chi connectivity index (χ0v) is 12.8. The van der Waals surface area contributed by atoms with Crippen LogP contribution in [-0.4, -0.2) is 32.1 Å². The van der Waals surface area contributed by atoms with Gasteiger partial charge in [-0.1, -0.05) is 0 Å². The second kappa shape index (κ2) is 6.26. The lowest BCUT2D eigenvalue weighted by Crippen LogP contribution is -2.41. The van der Waals surface area contributed by atoms with Crippen LogP contribution < -0.4 is 11.3 Å². The number of rotatable bonds is 5. The summed E-state index contributed by atoms with van der Waals surface area (Å²) in [6, 6.07) is 1.83. The molecule has 0 amide bonds. The van der Waals surface area contributed by atoms with E-state index in [1.807, 2.05) is 13.0 Å². The molecule has 2 atom stereocenters. The van der Waals surface area contributed by atoms with Gasteiger partial charge in [-0.3, -0.25) is 5.84 Å². The molecule has 0 saturated carbocycles. The van der Waals surface area contributed by atoms with Crippen LogP contribution in [-0.2, 0) is 10.0 Å². The van der Waals surface area contributed by atoms with E-state index in [2.05, 4.69) is 5.43 Å².